The number of fused-ring (bicyclic) bond motifs is 1. The van der Waals surface area contributed by atoms with Crippen LogP contribution in [0.1, 0.15) is 21.7 Å². The molecule has 0 unspecified atom stereocenters. The van der Waals surface area contributed by atoms with Crippen molar-refractivity contribution in [3.8, 4) is 5.82 Å². The number of aromatic nitrogens is 3. The third-order valence-corrected chi connectivity index (χ3v) is 3.06. The van der Waals surface area contributed by atoms with Crippen molar-refractivity contribution in [3.05, 3.63) is 41.5 Å². The Morgan fingerprint density at radius 3 is 2.84 bits per heavy atom. The van der Waals surface area contributed by atoms with Gasteiger partial charge in [0.05, 0.1) is 23.0 Å². The Morgan fingerprint density at radius 2 is 2.16 bits per heavy atom. The normalized spacial score (nSPS) is 11.1. The van der Waals surface area contributed by atoms with Gasteiger partial charge in [-0.15, -0.1) is 0 Å². The molecule has 6 nitrogen and oxygen atoms in total. The van der Waals surface area contributed by atoms with E-state index in [2.05, 4.69) is 10.1 Å². The number of carbonyl (C=O) groups is 1. The van der Waals surface area contributed by atoms with E-state index >= 15 is 0 Å². The van der Waals surface area contributed by atoms with E-state index < -0.39 is 5.97 Å². The predicted molar refractivity (Wildman–Crippen MR) is 67.6 cm³/mol. The molecule has 3 aromatic rings. The van der Waals surface area contributed by atoms with Gasteiger partial charge >= 0.3 is 5.97 Å². The molecule has 0 aliphatic carbocycles. The van der Waals surface area contributed by atoms with Crippen molar-refractivity contribution in [2.75, 3.05) is 0 Å². The van der Waals surface area contributed by atoms with Crippen molar-refractivity contribution in [2.45, 2.75) is 13.8 Å². The zero-order chi connectivity index (χ0) is 13.6. The molecule has 0 aliphatic rings. The third-order valence-electron chi connectivity index (χ3n) is 3.06. The number of pyridine rings is 1. The lowest BCUT2D eigenvalue weighted by molar-refractivity contribution is 0.0695. The first-order chi connectivity index (χ1) is 9.09. The second kappa shape index (κ2) is 3.94. The van der Waals surface area contributed by atoms with Crippen molar-refractivity contribution < 1.29 is 14.3 Å². The Labute approximate surface area is 108 Å². The summed E-state index contributed by atoms with van der Waals surface area (Å²) >= 11 is 0. The van der Waals surface area contributed by atoms with Gasteiger partial charge in [0.25, 0.3) is 0 Å². The largest absolute Gasteiger partial charge is 0.478 e. The summed E-state index contributed by atoms with van der Waals surface area (Å²) < 4.78 is 6.85. The summed E-state index contributed by atoms with van der Waals surface area (Å²) in [6, 6.07) is 3.54. The van der Waals surface area contributed by atoms with Crippen LogP contribution < -0.4 is 0 Å². The van der Waals surface area contributed by atoms with Crippen LogP contribution in [0.2, 0.25) is 0 Å². The van der Waals surface area contributed by atoms with E-state index in [4.69, 9.17) is 4.42 Å². The van der Waals surface area contributed by atoms with Gasteiger partial charge in [0.15, 0.2) is 5.82 Å². The van der Waals surface area contributed by atoms with Crippen LogP contribution in [-0.2, 0) is 0 Å². The zero-order valence-corrected chi connectivity index (χ0v) is 10.4. The number of aromatic carboxylic acids is 1. The maximum atomic E-state index is 11.2. The lowest BCUT2D eigenvalue weighted by Gasteiger charge is -2.04. The number of carboxylic acid groups (broad SMARTS) is 1. The molecule has 0 spiro atoms. The summed E-state index contributed by atoms with van der Waals surface area (Å²) in [6.45, 7) is 3.38. The molecule has 3 heterocycles. The van der Waals surface area contributed by atoms with Crippen LogP contribution in [0.25, 0.3) is 16.8 Å². The molecule has 6 heteroatoms. The number of aryl methyl sites for hydroxylation is 1. The van der Waals surface area contributed by atoms with Crippen molar-refractivity contribution in [3.63, 3.8) is 0 Å². The van der Waals surface area contributed by atoms with Gasteiger partial charge in [-0.05, 0) is 26.0 Å². The fraction of sp³-hybridized carbons (Fsp3) is 0.154. The second-order valence-corrected chi connectivity index (χ2v) is 4.23. The van der Waals surface area contributed by atoms with Crippen molar-refractivity contribution in [1.82, 2.24) is 14.8 Å². The van der Waals surface area contributed by atoms with Crippen LogP contribution in [-0.4, -0.2) is 25.8 Å². The van der Waals surface area contributed by atoms with Gasteiger partial charge in [-0.3, -0.25) is 0 Å². The predicted octanol–water partition coefficient (Wildman–Crippen LogP) is 2.33. The highest BCUT2D eigenvalue weighted by molar-refractivity contribution is 5.91. The van der Waals surface area contributed by atoms with E-state index in [0.29, 0.717) is 22.8 Å². The number of nitrogens with zero attached hydrogens (tertiary/aromatic N) is 3. The molecular weight excluding hydrogens is 246 g/mol. The summed E-state index contributed by atoms with van der Waals surface area (Å²) in [5.41, 5.74) is 1.91. The lowest BCUT2D eigenvalue weighted by atomic mass is 10.2. The highest BCUT2D eigenvalue weighted by atomic mass is 16.4. The second-order valence-electron chi connectivity index (χ2n) is 4.23. The Hall–Kier alpha value is -2.63. The van der Waals surface area contributed by atoms with E-state index in [0.717, 1.165) is 5.39 Å². The van der Waals surface area contributed by atoms with Crippen molar-refractivity contribution in [2.24, 2.45) is 0 Å². The molecule has 0 saturated heterocycles. The molecule has 3 aromatic heterocycles. The topological polar surface area (TPSA) is 81.2 Å². The Balaban J connectivity index is 2.31. The van der Waals surface area contributed by atoms with Crippen molar-refractivity contribution in [1.29, 1.82) is 0 Å². The summed E-state index contributed by atoms with van der Waals surface area (Å²) in [5.74, 6) is -0.417. The molecule has 0 aromatic carbocycles. The van der Waals surface area contributed by atoms with E-state index in [1.165, 1.54) is 4.68 Å². The summed E-state index contributed by atoms with van der Waals surface area (Å²) in [4.78, 5) is 15.5. The number of hydrogen-bond acceptors (Lipinski definition) is 4. The molecular formula is C13H11N3O3. The van der Waals surface area contributed by atoms with Crippen LogP contribution in [0.4, 0.5) is 0 Å². The smallest absolute Gasteiger partial charge is 0.339 e. The number of hydrogen-bond donors (Lipinski definition) is 1. The Kier molecular flexibility index (Phi) is 2.38. The molecule has 3 rings (SSSR count). The van der Waals surface area contributed by atoms with E-state index in [-0.39, 0.29) is 5.56 Å². The van der Waals surface area contributed by atoms with E-state index in [1.54, 1.807) is 38.4 Å². The molecule has 0 aliphatic heterocycles. The molecule has 19 heavy (non-hydrogen) atoms. The van der Waals surface area contributed by atoms with Crippen LogP contribution in [0.3, 0.4) is 0 Å². The quantitative estimate of drug-likeness (QED) is 0.762. The Morgan fingerprint density at radius 1 is 1.37 bits per heavy atom. The van der Waals surface area contributed by atoms with Gasteiger partial charge < -0.3 is 9.52 Å². The van der Waals surface area contributed by atoms with Gasteiger partial charge in [0, 0.05) is 6.20 Å². The van der Waals surface area contributed by atoms with Crippen LogP contribution in [0.5, 0.6) is 0 Å². The first kappa shape index (κ1) is 11.5. The summed E-state index contributed by atoms with van der Waals surface area (Å²) in [6.07, 6.45) is 3.18. The minimum Gasteiger partial charge on any atom is -0.478 e. The van der Waals surface area contributed by atoms with Gasteiger partial charge in [-0.25, -0.2) is 14.5 Å². The van der Waals surface area contributed by atoms with Crippen LogP contribution >= 0.6 is 0 Å². The molecule has 0 radical (unpaired) electrons. The fourth-order valence-electron chi connectivity index (χ4n) is 2.21. The zero-order valence-electron chi connectivity index (χ0n) is 10.4. The van der Waals surface area contributed by atoms with Gasteiger partial charge in [-0.1, -0.05) is 0 Å². The van der Waals surface area contributed by atoms with Crippen molar-refractivity contribution >= 4 is 16.9 Å². The first-order valence-electron chi connectivity index (χ1n) is 5.71. The summed E-state index contributed by atoms with van der Waals surface area (Å²) in [5, 5.41) is 14.2. The maximum absolute atomic E-state index is 11.2. The molecule has 0 bridgehead atoms. The maximum Gasteiger partial charge on any atom is 0.339 e. The minimum absolute atomic E-state index is 0.210. The number of rotatable bonds is 2. The lowest BCUT2D eigenvalue weighted by Crippen LogP contribution is -2.04. The van der Waals surface area contributed by atoms with E-state index in [9.17, 15) is 9.90 Å². The minimum atomic E-state index is -0.986. The molecule has 1 N–H and O–H groups in total. The molecule has 0 atom stereocenters. The fourth-order valence-corrected chi connectivity index (χ4v) is 2.21. The molecule has 96 valence electrons. The average molecular weight is 257 g/mol. The monoisotopic (exact) mass is 257 g/mol. The Bertz CT molecular complexity index is 786. The van der Waals surface area contributed by atoms with E-state index in [1.807, 2.05) is 0 Å². The summed E-state index contributed by atoms with van der Waals surface area (Å²) in [7, 11) is 0. The third kappa shape index (κ3) is 1.61. The molecule has 0 saturated carbocycles. The first-order valence-corrected chi connectivity index (χ1v) is 5.71. The van der Waals surface area contributed by atoms with Gasteiger partial charge in [0.2, 0.25) is 0 Å². The highest BCUT2D eigenvalue weighted by Gasteiger charge is 2.20. The highest BCUT2D eigenvalue weighted by Crippen LogP contribution is 2.24. The van der Waals surface area contributed by atoms with Crippen LogP contribution in [0, 0.1) is 13.8 Å². The molecule has 0 amide bonds. The van der Waals surface area contributed by atoms with Gasteiger partial charge in [-0.2, -0.15) is 5.10 Å². The standard InChI is InChI=1S/C13H11N3O3/c1-7-11(13(17)18)8(2)16(15-7)12-9-4-6-19-10(9)3-5-14-12/h3-6H,1-2H3,(H,17,18). The average Bonchev–Trinajstić information content (AvgIpc) is 2.93. The molecule has 0 fully saturated rings. The number of carboxylic acids is 1. The van der Waals surface area contributed by atoms with Gasteiger partial charge in [0.1, 0.15) is 11.1 Å². The van der Waals surface area contributed by atoms with Crippen LogP contribution in [0.15, 0.2) is 29.0 Å². The SMILES string of the molecule is Cc1nn(-c2nccc3occc23)c(C)c1C(=O)O. The number of furan rings is 1.